The van der Waals surface area contributed by atoms with E-state index < -0.39 is 0 Å². The number of rotatable bonds is 3. The van der Waals surface area contributed by atoms with Gasteiger partial charge in [-0.25, -0.2) is 0 Å². The summed E-state index contributed by atoms with van der Waals surface area (Å²) in [6.07, 6.45) is 1.24. The molecule has 0 atom stereocenters. The van der Waals surface area contributed by atoms with Gasteiger partial charge in [-0.2, -0.15) is 0 Å². The van der Waals surface area contributed by atoms with E-state index in [9.17, 15) is 0 Å². The topological polar surface area (TPSA) is 32.3 Å². The fourth-order valence-corrected chi connectivity index (χ4v) is 0.354. The van der Waals surface area contributed by atoms with Crippen molar-refractivity contribution in [2.75, 3.05) is 20.2 Å². The van der Waals surface area contributed by atoms with E-state index in [2.05, 4.69) is 19.2 Å². The van der Waals surface area contributed by atoms with Gasteiger partial charge in [0.15, 0.2) is 0 Å². The third-order valence-corrected chi connectivity index (χ3v) is 0.677. The number of aliphatic hydroxyl groups excluding tert-OH is 1. The Hall–Kier alpha value is -0.0800. The lowest BCUT2D eigenvalue weighted by Gasteiger charge is -1.91. The summed E-state index contributed by atoms with van der Waals surface area (Å²) in [6, 6.07) is 0. The second kappa shape index (κ2) is 15.8. The number of nitrogens with one attached hydrogen (secondary N) is 1. The van der Waals surface area contributed by atoms with Crippen LogP contribution in [0.5, 0.6) is 0 Å². The zero-order chi connectivity index (χ0) is 6.83. The summed E-state index contributed by atoms with van der Waals surface area (Å²) < 4.78 is 0. The van der Waals surface area contributed by atoms with Gasteiger partial charge in [0.25, 0.3) is 0 Å². The first-order valence-corrected chi connectivity index (χ1v) is 3.07. The van der Waals surface area contributed by atoms with Crippen molar-refractivity contribution in [3.05, 3.63) is 0 Å². The van der Waals surface area contributed by atoms with Crippen LogP contribution >= 0.6 is 0 Å². The van der Waals surface area contributed by atoms with Crippen LogP contribution in [0.2, 0.25) is 0 Å². The molecule has 0 aliphatic carbocycles. The Morgan fingerprint density at radius 1 is 1.25 bits per heavy atom. The molecule has 2 nitrogen and oxygen atoms in total. The van der Waals surface area contributed by atoms with Gasteiger partial charge in [0.2, 0.25) is 0 Å². The van der Waals surface area contributed by atoms with E-state index in [1.807, 2.05) is 0 Å². The summed E-state index contributed by atoms with van der Waals surface area (Å²) in [5.74, 6) is 0. The van der Waals surface area contributed by atoms with Crippen LogP contribution in [0, 0.1) is 0 Å². The summed E-state index contributed by atoms with van der Waals surface area (Å²) in [5.41, 5.74) is 0. The lowest BCUT2D eigenvalue weighted by atomic mass is 10.5. The van der Waals surface area contributed by atoms with E-state index in [0.717, 1.165) is 20.2 Å². The fourth-order valence-electron chi connectivity index (χ4n) is 0.354. The Balaban J connectivity index is 0. The second-order valence-electron chi connectivity index (χ2n) is 1.35. The van der Waals surface area contributed by atoms with Crippen LogP contribution < -0.4 is 5.32 Å². The van der Waals surface area contributed by atoms with Crippen LogP contribution in [0.15, 0.2) is 0 Å². The molecule has 0 bridgehead atoms. The minimum Gasteiger partial charge on any atom is -0.400 e. The highest BCUT2D eigenvalue weighted by molar-refractivity contribution is 4.35. The quantitative estimate of drug-likeness (QED) is 0.534. The Morgan fingerprint density at radius 2 is 1.75 bits per heavy atom. The van der Waals surface area contributed by atoms with Crippen LogP contribution in [0.4, 0.5) is 0 Å². The summed E-state index contributed by atoms with van der Waals surface area (Å²) in [4.78, 5) is 0. The van der Waals surface area contributed by atoms with Crippen molar-refractivity contribution < 1.29 is 5.11 Å². The minimum absolute atomic E-state index is 1.00. The molecular formula is C6H17NO. The van der Waals surface area contributed by atoms with E-state index in [1.165, 1.54) is 6.42 Å². The third kappa shape index (κ3) is 16.8. The molecule has 52 valence electrons. The first kappa shape index (κ1) is 10.8. The predicted molar refractivity (Wildman–Crippen MR) is 37.0 cm³/mol. The molecule has 0 aromatic carbocycles. The maximum absolute atomic E-state index is 7.00. The van der Waals surface area contributed by atoms with E-state index in [0.29, 0.717) is 0 Å². The van der Waals surface area contributed by atoms with Crippen LogP contribution in [-0.4, -0.2) is 25.3 Å². The van der Waals surface area contributed by atoms with Gasteiger partial charge in [-0.1, -0.05) is 13.8 Å². The first-order chi connectivity index (χ1) is 3.91. The number of hydrogen-bond acceptors (Lipinski definition) is 2. The highest BCUT2D eigenvalue weighted by atomic mass is 16.2. The van der Waals surface area contributed by atoms with Crippen molar-refractivity contribution in [2.45, 2.75) is 20.3 Å². The Bertz CT molecular complexity index is 20.5. The van der Waals surface area contributed by atoms with Crippen LogP contribution in [0.1, 0.15) is 20.3 Å². The minimum atomic E-state index is 1.00. The molecule has 0 aliphatic heterocycles. The molecule has 0 heterocycles. The smallest absolute Gasteiger partial charge is 0.0319 e. The van der Waals surface area contributed by atoms with Crippen molar-refractivity contribution in [3.63, 3.8) is 0 Å². The van der Waals surface area contributed by atoms with E-state index in [1.54, 1.807) is 0 Å². The fraction of sp³-hybridized carbons (Fsp3) is 1.00. The molecular weight excluding hydrogens is 102 g/mol. The van der Waals surface area contributed by atoms with Gasteiger partial charge < -0.3 is 10.4 Å². The molecule has 0 unspecified atom stereocenters. The number of aliphatic hydroxyl groups is 1. The van der Waals surface area contributed by atoms with Gasteiger partial charge in [0.1, 0.15) is 0 Å². The summed E-state index contributed by atoms with van der Waals surface area (Å²) >= 11 is 0. The van der Waals surface area contributed by atoms with E-state index in [4.69, 9.17) is 5.11 Å². The van der Waals surface area contributed by atoms with Crippen molar-refractivity contribution >= 4 is 0 Å². The lowest BCUT2D eigenvalue weighted by Crippen LogP contribution is -2.12. The maximum Gasteiger partial charge on any atom is 0.0319 e. The molecule has 0 spiro atoms. The van der Waals surface area contributed by atoms with Gasteiger partial charge in [-0.15, -0.1) is 0 Å². The molecule has 0 rings (SSSR count). The maximum atomic E-state index is 7.00. The van der Waals surface area contributed by atoms with Crippen molar-refractivity contribution in [1.82, 2.24) is 5.32 Å². The summed E-state index contributed by atoms with van der Waals surface area (Å²) in [6.45, 7) is 6.56. The molecule has 0 saturated heterocycles. The largest absolute Gasteiger partial charge is 0.400 e. The standard InChI is InChI=1S/C5H13N.CH4O/c1-3-5-6-4-2;1-2/h6H,3-5H2,1-2H3;2H,1H3. The molecule has 0 amide bonds. The molecule has 0 saturated carbocycles. The summed E-state index contributed by atoms with van der Waals surface area (Å²) in [7, 11) is 1.00. The Kier molecular flexibility index (Phi) is 21.3. The van der Waals surface area contributed by atoms with Crippen molar-refractivity contribution in [3.8, 4) is 0 Å². The van der Waals surface area contributed by atoms with Crippen LogP contribution in [0.3, 0.4) is 0 Å². The average Bonchev–Trinajstić information content (AvgIpc) is 1.88. The molecule has 0 fully saturated rings. The third-order valence-electron chi connectivity index (χ3n) is 0.677. The molecule has 8 heavy (non-hydrogen) atoms. The van der Waals surface area contributed by atoms with Gasteiger partial charge in [0.05, 0.1) is 0 Å². The van der Waals surface area contributed by atoms with Crippen LogP contribution in [0.25, 0.3) is 0 Å². The zero-order valence-electron chi connectivity index (χ0n) is 6.07. The Labute approximate surface area is 51.9 Å². The Morgan fingerprint density at radius 3 is 1.88 bits per heavy atom. The van der Waals surface area contributed by atoms with Gasteiger partial charge in [0, 0.05) is 7.11 Å². The second-order valence-corrected chi connectivity index (χ2v) is 1.35. The lowest BCUT2D eigenvalue weighted by molar-refractivity contribution is 0.399. The SMILES string of the molecule is CCCNCC.CO. The van der Waals surface area contributed by atoms with Crippen LogP contribution in [-0.2, 0) is 0 Å². The number of hydrogen-bond donors (Lipinski definition) is 2. The highest BCUT2D eigenvalue weighted by Crippen LogP contribution is 1.65. The van der Waals surface area contributed by atoms with Crippen molar-refractivity contribution in [1.29, 1.82) is 0 Å². The van der Waals surface area contributed by atoms with Gasteiger partial charge in [-0.3, -0.25) is 0 Å². The monoisotopic (exact) mass is 119 g/mol. The summed E-state index contributed by atoms with van der Waals surface area (Å²) in [5, 5.41) is 10.2. The van der Waals surface area contributed by atoms with Gasteiger partial charge in [-0.05, 0) is 19.5 Å². The molecule has 2 heteroatoms. The molecule has 0 aromatic rings. The first-order valence-electron chi connectivity index (χ1n) is 3.07. The van der Waals surface area contributed by atoms with Gasteiger partial charge >= 0.3 is 0 Å². The molecule has 0 aromatic heterocycles. The van der Waals surface area contributed by atoms with Crippen molar-refractivity contribution in [2.24, 2.45) is 0 Å². The molecule has 0 aliphatic rings. The zero-order valence-corrected chi connectivity index (χ0v) is 6.07. The van der Waals surface area contributed by atoms with E-state index >= 15 is 0 Å². The molecule has 2 N–H and O–H groups in total. The highest BCUT2D eigenvalue weighted by Gasteiger charge is 1.71. The van der Waals surface area contributed by atoms with E-state index in [-0.39, 0.29) is 0 Å². The molecule has 0 radical (unpaired) electrons. The predicted octanol–water partition coefficient (Wildman–Crippen LogP) is 0.614. The normalized spacial score (nSPS) is 7.50. The average molecular weight is 119 g/mol.